The molecule has 6 nitrogen and oxygen atoms in total. The van der Waals surface area contributed by atoms with E-state index in [1.54, 1.807) is 0 Å². The number of halogens is 3. The van der Waals surface area contributed by atoms with Crippen molar-refractivity contribution in [1.29, 1.82) is 0 Å². The highest BCUT2D eigenvalue weighted by Gasteiger charge is 2.35. The summed E-state index contributed by atoms with van der Waals surface area (Å²) in [5.41, 5.74) is 2.26. The Hall–Kier alpha value is -2.50. The zero-order valence-corrected chi connectivity index (χ0v) is 21.5. The molecule has 1 heterocycles. The van der Waals surface area contributed by atoms with Gasteiger partial charge in [0.2, 0.25) is 0 Å². The average Bonchev–Trinajstić information content (AvgIpc) is 3.39. The van der Waals surface area contributed by atoms with E-state index in [1.165, 1.54) is 10.9 Å². The quantitative estimate of drug-likeness (QED) is 0.267. The summed E-state index contributed by atoms with van der Waals surface area (Å²) in [4.78, 5) is 5.35. The van der Waals surface area contributed by atoms with Gasteiger partial charge in [0.25, 0.3) is 0 Å². The highest BCUT2D eigenvalue weighted by molar-refractivity contribution is 7.09. The predicted octanol–water partition coefficient (Wildman–Crippen LogP) is 4.93. The lowest BCUT2D eigenvalue weighted by atomic mass is 10.00. The number of aromatic nitrogens is 1. The lowest BCUT2D eigenvalue weighted by Gasteiger charge is -2.27. The minimum absolute atomic E-state index is 0.0153. The van der Waals surface area contributed by atoms with Crippen LogP contribution in [0, 0.1) is 0 Å². The second kappa shape index (κ2) is 14.4. The van der Waals surface area contributed by atoms with Gasteiger partial charge in [0.15, 0.2) is 5.01 Å². The number of nitrogens with zero attached hydrogens (tertiary/aromatic N) is 2. The van der Waals surface area contributed by atoms with E-state index in [1.807, 2.05) is 54.3 Å². The minimum atomic E-state index is -4.53. The Bertz CT molecular complexity index is 1050. The van der Waals surface area contributed by atoms with Gasteiger partial charge in [-0.05, 0) is 35.6 Å². The number of aliphatic hydroxyl groups excluding tert-OH is 2. The second-order valence-electron chi connectivity index (χ2n) is 8.74. The van der Waals surface area contributed by atoms with Crippen molar-refractivity contribution in [1.82, 2.24) is 9.88 Å². The maximum Gasteiger partial charge on any atom is 0.443 e. The van der Waals surface area contributed by atoms with E-state index in [0.29, 0.717) is 37.7 Å². The van der Waals surface area contributed by atoms with E-state index in [9.17, 15) is 23.4 Å². The lowest BCUT2D eigenvalue weighted by Crippen LogP contribution is -2.34. The Morgan fingerprint density at radius 3 is 2.38 bits per heavy atom. The molecule has 0 saturated heterocycles. The molecule has 2 atom stereocenters. The number of thiazole rings is 1. The van der Waals surface area contributed by atoms with Gasteiger partial charge in [0.05, 0.1) is 25.5 Å². The Kier molecular flexibility index (Phi) is 11.3. The molecule has 1 aromatic heterocycles. The molecule has 2 aromatic carbocycles. The van der Waals surface area contributed by atoms with Gasteiger partial charge in [-0.3, -0.25) is 4.90 Å². The fraction of sp³-hybridized carbons (Fsp3) is 0.444. The molecule has 37 heavy (non-hydrogen) atoms. The summed E-state index contributed by atoms with van der Waals surface area (Å²) in [6.07, 6.45) is -4.86. The molecule has 0 saturated carbocycles. The van der Waals surface area contributed by atoms with Gasteiger partial charge in [-0.1, -0.05) is 49.4 Å². The number of rotatable bonds is 15. The zero-order valence-electron chi connectivity index (χ0n) is 20.7. The Labute approximate surface area is 219 Å². The summed E-state index contributed by atoms with van der Waals surface area (Å²) in [5.74, 6) is 0.782. The van der Waals surface area contributed by atoms with Crippen LogP contribution in [0.4, 0.5) is 13.2 Å². The third-order valence-corrected chi connectivity index (χ3v) is 6.71. The molecular weight excluding hydrogens is 505 g/mol. The molecule has 0 fully saturated rings. The molecule has 3 rings (SSSR count). The maximum atomic E-state index is 12.8. The van der Waals surface area contributed by atoms with Gasteiger partial charge >= 0.3 is 6.18 Å². The molecule has 0 radical (unpaired) electrons. The average molecular weight is 539 g/mol. The van der Waals surface area contributed by atoms with E-state index in [0.717, 1.165) is 17.7 Å². The van der Waals surface area contributed by atoms with Crippen molar-refractivity contribution >= 4 is 11.3 Å². The van der Waals surface area contributed by atoms with E-state index in [2.05, 4.69) is 17.1 Å². The number of hydrogen-bond acceptors (Lipinski definition) is 7. The molecular formula is C27H33F3N2O4S. The van der Waals surface area contributed by atoms with Crippen molar-refractivity contribution in [3.63, 3.8) is 0 Å². The van der Waals surface area contributed by atoms with Crippen LogP contribution < -0.4 is 4.74 Å². The smallest absolute Gasteiger partial charge is 0.443 e. The molecule has 0 aliphatic heterocycles. The van der Waals surface area contributed by atoms with Crippen molar-refractivity contribution in [2.75, 3.05) is 46.1 Å². The molecule has 0 bridgehead atoms. The standard InChI is InChI=1S/C27H33F3N2O4S/c1-20(17-32(12-13-33)18-25(34)24-19-37-26(31-24)27(28,29)30)22-7-9-23(10-8-22)36-16-15-35-14-11-21-5-3-2-4-6-21/h2-10,19-20,25,33-34H,11-18H2,1H3. The lowest BCUT2D eigenvalue weighted by molar-refractivity contribution is -0.137. The van der Waals surface area contributed by atoms with Crippen molar-refractivity contribution in [3.05, 3.63) is 81.8 Å². The van der Waals surface area contributed by atoms with Crippen molar-refractivity contribution in [2.45, 2.75) is 31.5 Å². The first-order valence-electron chi connectivity index (χ1n) is 12.1. The van der Waals surface area contributed by atoms with Gasteiger partial charge in [0.1, 0.15) is 18.5 Å². The number of alkyl halides is 3. The molecule has 0 aliphatic carbocycles. The first-order valence-corrected chi connectivity index (χ1v) is 13.0. The first kappa shape index (κ1) is 29.1. The molecule has 2 N–H and O–H groups in total. The fourth-order valence-corrected chi connectivity index (χ4v) is 4.58. The van der Waals surface area contributed by atoms with Crippen molar-refractivity contribution in [2.24, 2.45) is 0 Å². The first-order chi connectivity index (χ1) is 17.8. The fourth-order valence-electron chi connectivity index (χ4n) is 3.85. The third-order valence-electron chi connectivity index (χ3n) is 5.81. The Morgan fingerprint density at radius 2 is 1.73 bits per heavy atom. The van der Waals surface area contributed by atoms with E-state index in [-0.39, 0.29) is 31.3 Å². The van der Waals surface area contributed by atoms with Crippen LogP contribution in [0.25, 0.3) is 0 Å². The summed E-state index contributed by atoms with van der Waals surface area (Å²) < 4.78 is 49.9. The van der Waals surface area contributed by atoms with Crippen LogP contribution in [0.2, 0.25) is 0 Å². The SMILES string of the molecule is CC(CN(CCO)CC(O)c1csc(C(F)(F)F)n1)c1ccc(OCCOCCc2ccccc2)cc1. The zero-order chi connectivity index (χ0) is 26.7. The van der Waals surface area contributed by atoms with Gasteiger partial charge in [0, 0.05) is 25.0 Å². The predicted molar refractivity (Wildman–Crippen MR) is 137 cm³/mol. The van der Waals surface area contributed by atoms with Crippen molar-refractivity contribution < 1.29 is 32.9 Å². The number of aliphatic hydroxyl groups is 2. The molecule has 2 unspecified atom stereocenters. The third kappa shape index (κ3) is 9.71. The minimum Gasteiger partial charge on any atom is -0.491 e. The Balaban J connectivity index is 1.42. The van der Waals surface area contributed by atoms with Crippen LogP contribution in [-0.2, 0) is 17.3 Å². The number of ether oxygens (including phenoxy) is 2. The normalized spacial score (nSPS) is 13.6. The maximum absolute atomic E-state index is 12.8. The van der Waals surface area contributed by atoms with E-state index >= 15 is 0 Å². The largest absolute Gasteiger partial charge is 0.491 e. The highest BCUT2D eigenvalue weighted by Crippen LogP contribution is 2.33. The van der Waals surface area contributed by atoms with E-state index < -0.39 is 17.3 Å². The van der Waals surface area contributed by atoms with Gasteiger partial charge in [-0.2, -0.15) is 13.2 Å². The van der Waals surface area contributed by atoms with Crippen LogP contribution in [0.5, 0.6) is 5.75 Å². The second-order valence-corrected chi connectivity index (χ2v) is 9.60. The molecule has 0 aliphatic rings. The molecule has 0 spiro atoms. The van der Waals surface area contributed by atoms with Gasteiger partial charge < -0.3 is 19.7 Å². The monoisotopic (exact) mass is 538 g/mol. The number of hydrogen-bond donors (Lipinski definition) is 2. The molecule has 10 heteroatoms. The van der Waals surface area contributed by atoms with Crippen LogP contribution in [0.1, 0.15) is 40.8 Å². The summed E-state index contributed by atoms with van der Waals surface area (Å²) in [5, 5.41) is 20.1. The summed E-state index contributed by atoms with van der Waals surface area (Å²) >= 11 is 0.462. The van der Waals surface area contributed by atoms with Crippen molar-refractivity contribution in [3.8, 4) is 5.75 Å². The molecule has 202 valence electrons. The van der Waals surface area contributed by atoms with Crippen LogP contribution >= 0.6 is 11.3 Å². The van der Waals surface area contributed by atoms with Crippen LogP contribution in [-0.4, -0.2) is 66.2 Å². The topological polar surface area (TPSA) is 75.1 Å². The molecule has 3 aromatic rings. The van der Waals surface area contributed by atoms with Gasteiger partial charge in [-0.15, -0.1) is 11.3 Å². The summed E-state index contributed by atoms with van der Waals surface area (Å²) in [7, 11) is 0. The van der Waals surface area contributed by atoms with Crippen LogP contribution in [0.3, 0.4) is 0 Å². The summed E-state index contributed by atoms with van der Waals surface area (Å²) in [6, 6.07) is 17.8. The summed E-state index contributed by atoms with van der Waals surface area (Å²) in [6.45, 7) is 4.30. The number of benzene rings is 2. The van der Waals surface area contributed by atoms with Crippen LogP contribution in [0.15, 0.2) is 60.0 Å². The highest BCUT2D eigenvalue weighted by atomic mass is 32.1. The molecule has 0 amide bonds. The Morgan fingerprint density at radius 1 is 1.00 bits per heavy atom. The van der Waals surface area contributed by atoms with Gasteiger partial charge in [-0.25, -0.2) is 4.98 Å². The van der Waals surface area contributed by atoms with E-state index in [4.69, 9.17) is 9.47 Å².